The van der Waals surface area contributed by atoms with Crippen molar-refractivity contribution in [2.75, 3.05) is 0 Å². The topological polar surface area (TPSA) is 35.2 Å². The number of rotatable bonds is 3. The zero-order chi connectivity index (χ0) is 16.4. The second-order valence-electron chi connectivity index (χ2n) is 4.88. The summed E-state index contributed by atoms with van der Waals surface area (Å²) in [6.07, 6.45) is -4.35. The molecule has 0 aliphatic rings. The maximum atomic E-state index is 12.6. The van der Waals surface area contributed by atoms with Gasteiger partial charge in [-0.3, -0.25) is 5.14 Å². The molecule has 0 spiro atoms. The van der Waals surface area contributed by atoms with Gasteiger partial charge in [0.25, 0.3) is 0 Å². The Morgan fingerprint density at radius 2 is 1.65 bits per heavy atom. The third kappa shape index (κ3) is 3.43. The van der Waals surface area contributed by atoms with Gasteiger partial charge in [0.05, 0.1) is 5.56 Å². The highest BCUT2D eigenvalue weighted by Gasteiger charge is 2.30. The lowest BCUT2D eigenvalue weighted by Gasteiger charge is -2.11. The average molecular weight is 335 g/mol. The van der Waals surface area contributed by atoms with Gasteiger partial charge < -0.3 is 4.74 Å². The molecule has 6 heteroatoms. The van der Waals surface area contributed by atoms with Crippen LogP contribution >= 0.6 is 11.9 Å². The summed E-state index contributed by atoms with van der Waals surface area (Å²) in [5.74, 6) is 0.929. The van der Waals surface area contributed by atoms with Crippen molar-refractivity contribution in [2.45, 2.75) is 11.1 Å². The van der Waals surface area contributed by atoms with E-state index in [-0.39, 0.29) is 0 Å². The van der Waals surface area contributed by atoms with Crippen LogP contribution in [-0.2, 0) is 6.18 Å². The Kier molecular flexibility index (Phi) is 4.19. The van der Waals surface area contributed by atoms with Crippen molar-refractivity contribution < 1.29 is 17.9 Å². The van der Waals surface area contributed by atoms with Crippen molar-refractivity contribution in [3.63, 3.8) is 0 Å². The summed E-state index contributed by atoms with van der Waals surface area (Å²) in [4.78, 5) is 0.921. The van der Waals surface area contributed by atoms with Crippen molar-refractivity contribution in [1.82, 2.24) is 0 Å². The van der Waals surface area contributed by atoms with Gasteiger partial charge in [-0.25, -0.2) is 0 Å². The monoisotopic (exact) mass is 335 g/mol. The minimum absolute atomic E-state index is 0.350. The molecule has 3 aromatic carbocycles. The molecule has 118 valence electrons. The van der Waals surface area contributed by atoms with E-state index >= 15 is 0 Å². The third-order valence-corrected chi connectivity index (χ3v) is 3.88. The maximum absolute atomic E-state index is 12.6. The minimum atomic E-state index is -4.35. The summed E-state index contributed by atoms with van der Waals surface area (Å²) in [5.41, 5.74) is -0.701. The summed E-state index contributed by atoms with van der Waals surface area (Å²) in [7, 11) is 0. The van der Waals surface area contributed by atoms with E-state index in [0.29, 0.717) is 11.5 Å². The predicted molar refractivity (Wildman–Crippen MR) is 85.5 cm³/mol. The van der Waals surface area contributed by atoms with Crippen LogP contribution in [0, 0.1) is 0 Å². The summed E-state index contributed by atoms with van der Waals surface area (Å²) in [6.45, 7) is 0. The first kappa shape index (κ1) is 15.7. The number of benzene rings is 3. The maximum Gasteiger partial charge on any atom is 0.416 e. The van der Waals surface area contributed by atoms with Crippen molar-refractivity contribution in [2.24, 2.45) is 5.14 Å². The van der Waals surface area contributed by atoms with Gasteiger partial charge >= 0.3 is 6.18 Å². The minimum Gasteiger partial charge on any atom is -0.457 e. The molecule has 0 aliphatic heterocycles. The molecule has 0 heterocycles. The smallest absolute Gasteiger partial charge is 0.416 e. The Morgan fingerprint density at radius 3 is 2.30 bits per heavy atom. The first-order valence-electron chi connectivity index (χ1n) is 6.72. The fourth-order valence-electron chi connectivity index (χ4n) is 2.23. The average Bonchev–Trinajstić information content (AvgIpc) is 2.54. The van der Waals surface area contributed by atoms with Gasteiger partial charge in [0.1, 0.15) is 11.5 Å². The van der Waals surface area contributed by atoms with Crippen LogP contribution in [0.5, 0.6) is 11.5 Å². The Labute approximate surface area is 135 Å². The highest BCUT2D eigenvalue weighted by Crippen LogP contribution is 2.34. The molecule has 0 bridgehead atoms. The molecular formula is C17H12F3NOS. The number of hydrogen-bond donors (Lipinski definition) is 1. The third-order valence-electron chi connectivity index (χ3n) is 3.36. The van der Waals surface area contributed by atoms with Crippen molar-refractivity contribution in [3.8, 4) is 11.5 Å². The molecule has 0 saturated carbocycles. The fraction of sp³-hybridized carbons (Fsp3) is 0.0588. The quantitative estimate of drug-likeness (QED) is 0.631. The zero-order valence-corrected chi connectivity index (χ0v) is 12.6. The molecule has 2 nitrogen and oxygen atoms in total. The number of halogens is 3. The first-order valence-corrected chi connectivity index (χ1v) is 7.60. The van der Waals surface area contributed by atoms with Gasteiger partial charge in [-0.2, -0.15) is 13.2 Å². The molecule has 3 rings (SSSR count). The summed E-state index contributed by atoms with van der Waals surface area (Å²) >= 11 is 1.15. The molecular weight excluding hydrogens is 323 g/mol. The highest BCUT2D eigenvalue weighted by molar-refractivity contribution is 7.97. The van der Waals surface area contributed by atoms with Gasteiger partial charge in [0.15, 0.2) is 0 Å². The highest BCUT2D eigenvalue weighted by atomic mass is 32.2. The van der Waals surface area contributed by atoms with Crippen molar-refractivity contribution in [1.29, 1.82) is 0 Å². The Morgan fingerprint density at radius 1 is 0.913 bits per heavy atom. The van der Waals surface area contributed by atoms with E-state index in [1.807, 2.05) is 30.3 Å². The van der Waals surface area contributed by atoms with Crippen LogP contribution in [0.2, 0.25) is 0 Å². The molecule has 0 fully saturated rings. The van der Waals surface area contributed by atoms with Crippen LogP contribution in [-0.4, -0.2) is 0 Å². The van der Waals surface area contributed by atoms with Crippen LogP contribution in [0.15, 0.2) is 65.6 Å². The summed E-state index contributed by atoms with van der Waals surface area (Å²) in [5, 5.41) is 7.36. The van der Waals surface area contributed by atoms with Crippen LogP contribution in [0.1, 0.15) is 5.56 Å². The summed E-state index contributed by atoms with van der Waals surface area (Å²) < 4.78 is 43.4. The SMILES string of the molecule is NSc1ccc2c(Oc3ccc(C(F)(F)F)cc3)cccc2c1. The van der Waals surface area contributed by atoms with Crippen molar-refractivity contribution >= 4 is 22.7 Å². The van der Waals surface area contributed by atoms with Crippen LogP contribution in [0.25, 0.3) is 10.8 Å². The molecule has 0 radical (unpaired) electrons. The van der Waals surface area contributed by atoms with Crippen molar-refractivity contribution in [3.05, 3.63) is 66.2 Å². The Bertz CT molecular complexity index is 831. The Balaban J connectivity index is 1.92. The lowest BCUT2D eigenvalue weighted by Crippen LogP contribution is -2.03. The van der Waals surface area contributed by atoms with Gasteiger partial charge in [-0.05, 0) is 65.9 Å². The number of alkyl halides is 3. The number of fused-ring (bicyclic) bond motifs is 1. The normalized spacial score (nSPS) is 11.7. The van der Waals surface area contributed by atoms with E-state index in [2.05, 4.69) is 0 Å². The molecule has 0 aromatic heterocycles. The first-order chi connectivity index (χ1) is 11.0. The second-order valence-corrected chi connectivity index (χ2v) is 5.59. The van der Waals surface area contributed by atoms with E-state index in [1.165, 1.54) is 12.1 Å². The van der Waals surface area contributed by atoms with Crippen LogP contribution < -0.4 is 9.88 Å². The largest absolute Gasteiger partial charge is 0.457 e. The molecule has 0 amide bonds. The van der Waals surface area contributed by atoms with E-state index < -0.39 is 11.7 Å². The van der Waals surface area contributed by atoms with Gasteiger partial charge in [-0.1, -0.05) is 12.1 Å². The molecule has 0 saturated heterocycles. The van der Waals surface area contributed by atoms with Crippen LogP contribution in [0.3, 0.4) is 0 Å². The lowest BCUT2D eigenvalue weighted by atomic mass is 10.1. The number of ether oxygens (including phenoxy) is 1. The summed E-state index contributed by atoms with van der Waals surface area (Å²) in [6, 6.07) is 15.8. The molecule has 23 heavy (non-hydrogen) atoms. The second kappa shape index (κ2) is 6.14. The van der Waals surface area contributed by atoms with E-state index in [9.17, 15) is 13.2 Å². The predicted octanol–water partition coefficient (Wildman–Crippen LogP) is 5.62. The number of nitrogens with two attached hydrogens (primary N) is 1. The molecule has 0 atom stereocenters. The van der Waals surface area contributed by atoms with E-state index in [0.717, 1.165) is 39.7 Å². The van der Waals surface area contributed by atoms with Gasteiger partial charge in [0, 0.05) is 10.3 Å². The molecule has 3 aromatic rings. The lowest BCUT2D eigenvalue weighted by molar-refractivity contribution is -0.137. The molecule has 0 unspecified atom stereocenters. The van der Waals surface area contributed by atoms with E-state index in [1.54, 1.807) is 6.07 Å². The molecule has 0 aliphatic carbocycles. The number of hydrogen-bond acceptors (Lipinski definition) is 3. The zero-order valence-electron chi connectivity index (χ0n) is 11.8. The molecule has 2 N–H and O–H groups in total. The van der Waals surface area contributed by atoms with Gasteiger partial charge in [0.2, 0.25) is 0 Å². The van der Waals surface area contributed by atoms with E-state index in [4.69, 9.17) is 9.88 Å². The van der Waals surface area contributed by atoms with Crippen LogP contribution in [0.4, 0.5) is 13.2 Å². The fourth-order valence-corrected chi connectivity index (χ4v) is 2.57. The Hall–Kier alpha value is -2.18. The standard InChI is InChI=1S/C17H12F3NOS/c18-17(19,20)12-4-6-13(7-5-12)22-16-3-1-2-11-10-14(23-21)8-9-15(11)16/h1-10H,21H2. The van der Waals surface area contributed by atoms with Gasteiger partial charge in [-0.15, -0.1) is 0 Å².